The van der Waals surface area contributed by atoms with E-state index in [9.17, 15) is 14.9 Å². The third-order valence-electron chi connectivity index (χ3n) is 2.91. The van der Waals surface area contributed by atoms with Gasteiger partial charge in [-0.3, -0.25) is 14.9 Å². The summed E-state index contributed by atoms with van der Waals surface area (Å²) in [5.41, 5.74) is 1.30. The quantitative estimate of drug-likeness (QED) is 0.364. The molecule has 0 aromatic heterocycles. The van der Waals surface area contributed by atoms with Crippen molar-refractivity contribution < 1.29 is 14.5 Å². The molecule has 0 fully saturated rings. The van der Waals surface area contributed by atoms with E-state index in [0.717, 1.165) is 5.56 Å². The highest BCUT2D eigenvalue weighted by atomic mass is 16.6. The highest BCUT2D eigenvalue weighted by molar-refractivity contribution is 6.06. The van der Waals surface area contributed by atoms with Crippen LogP contribution in [0.1, 0.15) is 15.9 Å². The van der Waals surface area contributed by atoms with Crippen molar-refractivity contribution in [1.82, 2.24) is 0 Å². The van der Waals surface area contributed by atoms with Crippen molar-refractivity contribution in [3.8, 4) is 5.75 Å². The van der Waals surface area contributed by atoms with E-state index in [1.54, 1.807) is 49.6 Å². The summed E-state index contributed by atoms with van der Waals surface area (Å²) in [6.45, 7) is 0. The van der Waals surface area contributed by atoms with E-state index in [1.807, 2.05) is 0 Å². The summed E-state index contributed by atoms with van der Waals surface area (Å²) in [5.74, 6) is 0.543. The minimum Gasteiger partial charge on any atom is -0.497 e. The maximum absolute atomic E-state index is 12.0. The molecule has 0 aliphatic carbocycles. The number of methoxy groups -OCH3 is 1. The van der Waals surface area contributed by atoms with E-state index >= 15 is 0 Å². The molecule has 5 heteroatoms. The second-order valence-electron chi connectivity index (χ2n) is 4.27. The Bertz CT molecular complexity index is 672. The summed E-state index contributed by atoms with van der Waals surface area (Å²) in [6.07, 6.45) is 3.05. The molecule has 0 aliphatic rings. The van der Waals surface area contributed by atoms with Crippen molar-refractivity contribution in [2.45, 2.75) is 0 Å². The van der Waals surface area contributed by atoms with Crippen LogP contribution in [0.4, 0.5) is 5.69 Å². The molecule has 2 aromatic carbocycles. The van der Waals surface area contributed by atoms with Crippen LogP contribution in [0.3, 0.4) is 0 Å². The molecule has 0 amide bonds. The Labute approximate surface area is 121 Å². The molecule has 2 aromatic rings. The predicted molar refractivity (Wildman–Crippen MR) is 79.5 cm³/mol. The van der Waals surface area contributed by atoms with Crippen LogP contribution in [0.5, 0.6) is 5.75 Å². The van der Waals surface area contributed by atoms with Gasteiger partial charge in [0.1, 0.15) is 5.75 Å². The molecule has 0 N–H and O–H groups in total. The van der Waals surface area contributed by atoms with Gasteiger partial charge in [-0.2, -0.15) is 0 Å². The number of non-ortho nitro benzene ring substituents is 1. The fraction of sp³-hybridized carbons (Fsp3) is 0.0625. The number of ketones is 1. The lowest BCUT2D eigenvalue weighted by molar-refractivity contribution is -0.384. The monoisotopic (exact) mass is 283 g/mol. The molecule has 0 atom stereocenters. The topological polar surface area (TPSA) is 69.4 Å². The SMILES string of the molecule is COc1ccc(C(=O)/C=C\c2ccc([N+](=O)[O-])cc2)cc1. The van der Waals surface area contributed by atoms with E-state index in [1.165, 1.54) is 18.2 Å². The molecule has 0 bridgehead atoms. The fourth-order valence-corrected chi connectivity index (χ4v) is 1.73. The number of ether oxygens (including phenoxy) is 1. The predicted octanol–water partition coefficient (Wildman–Crippen LogP) is 3.50. The van der Waals surface area contributed by atoms with Crippen molar-refractivity contribution >= 4 is 17.5 Å². The van der Waals surface area contributed by atoms with Gasteiger partial charge in [-0.15, -0.1) is 0 Å². The average molecular weight is 283 g/mol. The van der Waals surface area contributed by atoms with Crippen LogP contribution in [0, 0.1) is 10.1 Å². The largest absolute Gasteiger partial charge is 0.497 e. The number of nitro benzene ring substituents is 1. The smallest absolute Gasteiger partial charge is 0.269 e. The number of hydrogen-bond donors (Lipinski definition) is 0. The molecule has 0 aliphatic heterocycles. The molecular formula is C16H13NO4. The maximum Gasteiger partial charge on any atom is 0.269 e. The van der Waals surface area contributed by atoms with Crippen LogP contribution < -0.4 is 4.74 Å². The van der Waals surface area contributed by atoms with Crippen LogP contribution in [-0.2, 0) is 0 Å². The van der Waals surface area contributed by atoms with Crippen molar-refractivity contribution in [3.05, 3.63) is 75.8 Å². The van der Waals surface area contributed by atoms with E-state index in [4.69, 9.17) is 4.74 Å². The van der Waals surface area contributed by atoms with Crippen LogP contribution >= 0.6 is 0 Å². The number of carbonyl (C=O) groups excluding carboxylic acids is 1. The first-order valence-corrected chi connectivity index (χ1v) is 6.21. The van der Waals surface area contributed by atoms with Gasteiger partial charge in [0.05, 0.1) is 12.0 Å². The van der Waals surface area contributed by atoms with Gasteiger partial charge in [0, 0.05) is 17.7 Å². The van der Waals surface area contributed by atoms with E-state index in [2.05, 4.69) is 0 Å². The molecule has 0 saturated heterocycles. The normalized spacial score (nSPS) is 10.5. The highest BCUT2D eigenvalue weighted by Gasteiger charge is 2.04. The van der Waals surface area contributed by atoms with E-state index in [-0.39, 0.29) is 11.5 Å². The first-order valence-electron chi connectivity index (χ1n) is 6.21. The van der Waals surface area contributed by atoms with Crippen molar-refractivity contribution in [2.24, 2.45) is 0 Å². The summed E-state index contributed by atoms with van der Waals surface area (Å²) in [5, 5.41) is 10.5. The molecule has 0 heterocycles. The molecule has 21 heavy (non-hydrogen) atoms. The zero-order valence-corrected chi connectivity index (χ0v) is 11.4. The number of benzene rings is 2. The highest BCUT2D eigenvalue weighted by Crippen LogP contribution is 2.15. The minimum atomic E-state index is -0.462. The third kappa shape index (κ3) is 3.76. The van der Waals surface area contributed by atoms with Crippen molar-refractivity contribution in [3.63, 3.8) is 0 Å². The van der Waals surface area contributed by atoms with Gasteiger partial charge >= 0.3 is 0 Å². The van der Waals surface area contributed by atoms with Gasteiger partial charge in [0.2, 0.25) is 0 Å². The lowest BCUT2D eigenvalue weighted by Gasteiger charge is -2.00. The summed E-state index contributed by atoms with van der Waals surface area (Å²) >= 11 is 0. The molecule has 2 rings (SSSR count). The molecular weight excluding hydrogens is 270 g/mol. The number of hydrogen-bond acceptors (Lipinski definition) is 4. The summed E-state index contributed by atoms with van der Waals surface area (Å²) in [6, 6.07) is 12.8. The molecule has 0 spiro atoms. The van der Waals surface area contributed by atoms with Crippen LogP contribution in [-0.4, -0.2) is 17.8 Å². The number of rotatable bonds is 5. The summed E-state index contributed by atoms with van der Waals surface area (Å²) in [4.78, 5) is 22.0. The van der Waals surface area contributed by atoms with Crippen molar-refractivity contribution in [1.29, 1.82) is 0 Å². The molecule has 5 nitrogen and oxygen atoms in total. The zero-order chi connectivity index (χ0) is 15.2. The maximum atomic E-state index is 12.0. The van der Waals surface area contributed by atoms with E-state index in [0.29, 0.717) is 11.3 Å². The number of nitrogens with zero attached hydrogens (tertiary/aromatic N) is 1. The van der Waals surface area contributed by atoms with E-state index < -0.39 is 4.92 Å². The molecule has 106 valence electrons. The van der Waals surface area contributed by atoms with Gasteiger partial charge < -0.3 is 4.74 Å². The Hall–Kier alpha value is -2.95. The van der Waals surface area contributed by atoms with Crippen LogP contribution in [0.15, 0.2) is 54.6 Å². The third-order valence-corrected chi connectivity index (χ3v) is 2.91. The second kappa shape index (κ2) is 6.47. The Morgan fingerprint density at radius 1 is 1.10 bits per heavy atom. The molecule has 0 saturated carbocycles. The van der Waals surface area contributed by atoms with Crippen molar-refractivity contribution in [2.75, 3.05) is 7.11 Å². The van der Waals surface area contributed by atoms with Gasteiger partial charge in [-0.25, -0.2) is 0 Å². The second-order valence-corrected chi connectivity index (χ2v) is 4.27. The fourth-order valence-electron chi connectivity index (χ4n) is 1.73. The standard InChI is InChI=1S/C16H13NO4/c1-21-15-9-5-13(6-10-15)16(18)11-4-12-2-7-14(8-3-12)17(19)20/h2-11H,1H3/b11-4-. The van der Waals surface area contributed by atoms with Crippen LogP contribution in [0.2, 0.25) is 0 Å². The molecule has 0 unspecified atom stereocenters. The average Bonchev–Trinajstić information content (AvgIpc) is 2.53. The van der Waals surface area contributed by atoms with Crippen LogP contribution in [0.25, 0.3) is 6.08 Å². The Balaban J connectivity index is 2.08. The minimum absolute atomic E-state index is 0.0219. The first kappa shape index (κ1) is 14.5. The zero-order valence-electron chi connectivity index (χ0n) is 11.4. The van der Waals surface area contributed by atoms with Gasteiger partial charge in [-0.1, -0.05) is 6.08 Å². The Kier molecular flexibility index (Phi) is 4.46. The lowest BCUT2D eigenvalue weighted by Crippen LogP contribution is -1.94. The molecule has 0 radical (unpaired) electrons. The summed E-state index contributed by atoms with van der Waals surface area (Å²) in [7, 11) is 1.56. The lowest BCUT2D eigenvalue weighted by atomic mass is 10.1. The number of carbonyl (C=O) groups is 1. The van der Waals surface area contributed by atoms with Gasteiger partial charge in [-0.05, 0) is 48.0 Å². The first-order chi connectivity index (χ1) is 10.1. The summed E-state index contributed by atoms with van der Waals surface area (Å²) < 4.78 is 5.02. The Morgan fingerprint density at radius 2 is 1.71 bits per heavy atom. The van der Waals surface area contributed by atoms with Gasteiger partial charge in [0.25, 0.3) is 5.69 Å². The van der Waals surface area contributed by atoms with Gasteiger partial charge in [0.15, 0.2) is 5.78 Å². The Morgan fingerprint density at radius 3 is 2.24 bits per heavy atom. The number of allylic oxidation sites excluding steroid dienone is 1. The number of nitro groups is 1.